The van der Waals surface area contributed by atoms with Gasteiger partial charge >= 0.3 is 5.97 Å². The van der Waals surface area contributed by atoms with E-state index in [0.717, 1.165) is 0 Å². The molecule has 0 atom stereocenters. The van der Waals surface area contributed by atoms with Crippen LogP contribution in [0.4, 0.5) is 14.5 Å². The number of anilines is 1. The van der Waals surface area contributed by atoms with E-state index >= 15 is 0 Å². The fourth-order valence-electron chi connectivity index (χ4n) is 1.17. The Labute approximate surface area is 104 Å². The van der Waals surface area contributed by atoms with E-state index in [1.165, 1.54) is 18.2 Å². The molecule has 0 aliphatic heterocycles. The third-order valence-electron chi connectivity index (χ3n) is 2.00. The SMILES string of the molecule is O=C(O)c1c(Br)cccc1NCC(F)(F)CO. The van der Waals surface area contributed by atoms with Crippen LogP contribution in [0.5, 0.6) is 0 Å². The largest absolute Gasteiger partial charge is 0.478 e. The standard InChI is InChI=1S/C10H10BrF2NO3/c11-6-2-1-3-7(8(6)9(16)17)14-4-10(12,13)5-15/h1-3,14-15H,4-5H2,(H,16,17). The average molecular weight is 310 g/mol. The Kier molecular flexibility index (Phi) is 4.41. The van der Waals surface area contributed by atoms with Crippen LogP contribution in [-0.2, 0) is 0 Å². The molecule has 1 aromatic carbocycles. The minimum atomic E-state index is -3.29. The molecule has 0 fully saturated rings. The summed E-state index contributed by atoms with van der Waals surface area (Å²) in [5.41, 5.74) is -0.0544. The van der Waals surface area contributed by atoms with Crippen molar-refractivity contribution in [3.8, 4) is 0 Å². The summed E-state index contributed by atoms with van der Waals surface area (Å²) >= 11 is 3.03. The van der Waals surface area contributed by atoms with Crippen molar-refractivity contribution in [1.29, 1.82) is 0 Å². The molecule has 17 heavy (non-hydrogen) atoms. The second-order valence-corrected chi connectivity index (χ2v) is 4.19. The second kappa shape index (κ2) is 5.42. The molecule has 1 rings (SSSR count). The van der Waals surface area contributed by atoms with Gasteiger partial charge in [0, 0.05) is 4.47 Å². The van der Waals surface area contributed by atoms with Gasteiger partial charge in [0.2, 0.25) is 0 Å². The van der Waals surface area contributed by atoms with Crippen LogP contribution in [0.25, 0.3) is 0 Å². The third kappa shape index (κ3) is 3.64. The lowest BCUT2D eigenvalue weighted by Gasteiger charge is -2.16. The lowest BCUT2D eigenvalue weighted by atomic mass is 10.1. The highest BCUT2D eigenvalue weighted by atomic mass is 79.9. The first-order valence-corrected chi connectivity index (χ1v) is 5.41. The fourth-order valence-corrected chi connectivity index (χ4v) is 1.71. The molecule has 3 N–H and O–H groups in total. The number of rotatable bonds is 5. The first-order valence-electron chi connectivity index (χ1n) is 4.62. The zero-order chi connectivity index (χ0) is 13.1. The van der Waals surface area contributed by atoms with Gasteiger partial charge in [-0.05, 0) is 28.1 Å². The Morgan fingerprint density at radius 2 is 2.12 bits per heavy atom. The molecular formula is C10H10BrF2NO3. The maximum absolute atomic E-state index is 12.8. The van der Waals surface area contributed by atoms with Gasteiger partial charge in [0.15, 0.2) is 0 Å². The predicted molar refractivity (Wildman–Crippen MR) is 61.6 cm³/mol. The molecular weight excluding hydrogens is 300 g/mol. The highest BCUT2D eigenvalue weighted by Gasteiger charge is 2.28. The number of hydrogen-bond acceptors (Lipinski definition) is 3. The molecule has 0 saturated carbocycles. The van der Waals surface area contributed by atoms with Crippen LogP contribution >= 0.6 is 15.9 Å². The number of benzene rings is 1. The molecule has 4 nitrogen and oxygen atoms in total. The molecule has 0 heterocycles. The first kappa shape index (κ1) is 13.9. The molecule has 0 unspecified atom stereocenters. The number of aliphatic hydroxyl groups excluding tert-OH is 1. The van der Waals surface area contributed by atoms with E-state index in [-0.39, 0.29) is 11.3 Å². The molecule has 0 bridgehead atoms. The van der Waals surface area contributed by atoms with E-state index in [2.05, 4.69) is 21.2 Å². The van der Waals surface area contributed by atoms with Gasteiger partial charge in [0.1, 0.15) is 6.61 Å². The fraction of sp³-hybridized carbons (Fsp3) is 0.300. The van der Waals surface area contributed by atoms with Crippen molar-refractivity contribution in [2.75, 3.05) is 18.5 Å². The highest BCUT2D eigenvalue weighted by Crippen LogP contribution is 2.25. The maximum Gasteiger partial charge on any atom is 0.338 e. The number of carboxylic acids is 1. The van der Waals surface area contributed by atoms with Crippen molar-refractivity contribution in [3.63, 3.8) is 0 Å². The Morgan fingerprint density at radius 3 is 2.65 bits per heavy atom. The van der Waals surface area contributed by atoms with Crippen LogP contribution in [0, 0.1) is 0 Å². The van der Waals surface area contributed by atoms with Crippen molar-refractivity contribution in [2.24, 2.45) is 0 Å². The Balaban J connectivity index is 2.92. The quantitative estimate of drug-likeness (QED) is 0.780. The molecule has 94 valence electrons. The van der Waals surface area contributed by atoms with Crippen LogP contribution in [0.1, 0.15) is 10.4 Å². The Morgan fingerprint density at radius 1 is 1.47 bits per heavy atom. The number of carboxylic acid groups (broad SMARTS) is 1. The number of hydrogen-bond donors (Lipinski definition) is 3. The van der Waals surface area contributed by atoms with Gasteiger partial charge in [-0.3, -0.25) is 0 Å². The van der Waals surface area contributed by atoms with Crippen LogP contribution in [0.3, 0.4) is 0 Å². The summed E-state index contributed by atoms with van der Waals surface area (Å²) in [4.78, 5) is 10.9. The molecule has 7 heteroatoms. The van der Waals surface area contributed by atoms with Gasteiger partial charge in [-0.2, -0.15) is 0 Å². The number of alkyl halides is 2. The van der Waals surface area contributed by atoms with Crippen LogP contribution in [0.15, 0.2) is 22.7 Å². The van der Waals surface area contributed by atoms with E-state index in [9.17, 15) is 13.6 Å². The van der Waals surface area contributed by atoms with E-state index < -0.39 is 25.0 Å². The summed E-state index contributed by atoms with van der Waals surface area (Å²) in [5, 5.41) is 19.6. The van der Waals surface area contributed by atoms with Crippen molar-refractivity contribution in [1.82, 2.24) is 0 Å². The summed E-state index contributed by atoms with van der Waals surface area (Å²) in [6.45, 7) is -2.13. The lowest BCUT2D eigenvalue weighted by molar-refractivity contribution is -0.0373. The van der Waals surface area contributed by atoms with Crippen molar-refractivity contribution >= 4 is 27.6 Å². The molecule has 0 aliphatic rings. The van der Waals surface area contributed by atoms with Crippen molar-refractivity contribution in [3.05, 3.63) is 28.2 Å². The van der Waals surface area contributed by atoms with Crippen molar-refractivity contribution < 1.29 is 23.8 Å². The van der Waals surface area contributed by atoms with Gasteiger partial charge in [-0.25, -0.2) is 13.6 Å². The predicted octanol–water partition coefficient (Wildman–Crippen LogP) is 2.19. The molecule has 1 aromatic rings. The van der Waals surface area contributed by atoms with Gasteiger partial charge in [0.25, 0.3) is 5.92 Å². The highest BCUT2D eigenvalue weighted by molar-refractivity contribution is 9.10. The van der Waals surface area contributed by atoms with Gasteiger partial charge in [-0.15, -0.1) is 0 Å². The molecule has 0 saturated heterocycles. The molecule has 0 aliphatic carbocycles. The van der Waals surface area contributed by atoms with Gasteiger partial charge < -0.3 is 15.5 Å². The smallest absolute Gasteiger partial charge is 0.338 e. The topological polar surface area (TPSA) is 69.6 Å². The zero-order valence-corrected chi connectivity index (χ0v) is 10.2. The van der Waals surface area contributed by atoms with Crippen LogP contribution in [0.2, 0.25) is 0 Å². The summed E-state index contributed by atoms with van der Waals surface area (Å²) in [7, 11) is 0. The Bertz CT molecular complexity index is 426. The minimum Gasteiger partial charge on any atom is -0.478 e. The number of nitrogens with one attached hydrogen (secondary N) is 1. The monoisotopic (exact) mass is 309 g/mol. The summed E-state index contributed by atoms with van der Waals surface area (Å²) in [6.07, 6.45) is 0. The zero-order valence-electron chi connectivity index (χ0n) is 8.58. The van der Waals surface area contributed by atoms with E-state index in [1.54, 1.807) is 0 Å². The van der Waals surface area contributed by atoms with Gasteiger partial charge in [0.05, 0.1) is 17.8 Å². The minimum absolute atomic E-state index is 0.0694. The number of carbonyl (C=O) groups is 1. The number of halogens is 3. The molecule has 0 aromatic heterocycles. The first-order chi connectivity index (χ1) is 7.87. The summed E-state index contributed by atoms with van der Waals surface area (Å²) < 4.78 is 25.9. The van der Waals surface area contributed by atoms with Crippen LogP contribution < -0.4 is 5.32 Å². The molecule has 0 amide bonds. The van der Waals surface area contributed by atoms with E-state index in [4.69, 9.17) is 10.2 Å². The third-order valence-corrected chi connectivity index (χ3v) is 2.66. The summed E-state index contributed by atoms with van der Waals surface area (Å²) in [6, 6.07) is 4.40. The normalized spacial score (nSPS) is 11.3. The maximum atomic E-state index is 12.8. The number of aliphatic hydroxyl groups is 1. The summed E-state index contributed by atoms with van der Waals surface area (Å²) in [5.74, 6) is -4.52. The van der Waals surface area contributed by atoms with E-state index in [0.29, 0.717) is 4.47 Å². The van der Waals surface area contributed by atoms with Gasteiger partial charge in [-0.1, -0.05) is 6.07 Å². The molecule has 0 radical (unpaired) electrons. The Hall–Kier alpha value is -1.21. The van der Waals surface area contributed by atoms with Crippen molar-refractivity contribution in [2.45, 2.75) is 5.92 Å². The molecule has 0 spiro atoms. The number of aromatic carboxylic acids is 1. The second-order valence-electron chi connectivity index (χ2n) is 3.34. The van der Waals surface area contributed by atoms with E-state index in [1.807, 2.05) is 0 Å². The van der Waals surface area contributed by atoms with Crippen LogP contribution in [-0.4, -0.2) is 35.3 Å². The average Bonchev–Trinajstić information content (AvgIpc) is 2.26. The lowest BCUT2D eigenvalue weighted by Crippen LogP contribution is -2.31.